The molecule has 0 aliphatic carbocycles. The molecule has 0 aromatic heterocycles. The maximum absolute atomic E-state index is 13.3. The summed E-state index contributed by atoms with van der Waals surface area (Å²) in [6.45, 7) is 1.68. The molecule has 2 fully saturated rings. The molecule has 0 radical (unpaired) electrons. The van der Waals surface area contributed by atoms with E-state index in [4.69, 9.17) is 9.47 Å². The molecule has 0 saturated carbocycles. The van der Waals surface area contributed by atoms with Crippen LogP contribution in [-0.4, -0.2) is 68.6 Å². The second-order valence-electron chi connectivity index (χ2n) is 9.07. The highest BCUT2D eigenvalue weighted by Crippen LogP contribution is 2.38. The molecule has 2 atom stereocenters. The average Bonchev–Trinajstić information content (AvgIpc) is 3.50. The van der Waals surface area contributed by atoms with Gasteiger partial charge in [-0.25, -0.2) is 0 Å². The third-order valence-corrected chi connectivity index (χ3v) is 6.64. The number of benzene rings is 2. The summed E-state index contributed by atoms with van der Waals surface area (Å²) in [5.41, 5.74) is 2.59. The molecule has 2 aromatic carbocycles. The Morgan fingerprint density at radius 3 is 2.56 bits per heavy atom. The first-order valence-corrected chi connectivity index (χ1v) is 11.3. The molecule has 170 valence electrons. The van der Waals surface area contributed by atoms with Crippen molar-refractivity contribution in [2.24, 2.45) is 5.41 Å². The van der Waals surface area contributed by atoms with Gasteiger partial charge in [-0.3, -0.25) is 9.59 Å². The van der Waals surface area contributed by atoms with Gasteiger partial charge in [0.15, 0.2) is 0 Å². The summed E-state index contributed by atoms with van der Waals surface area (Å²) < 4.78 is 11.1. The van der Waals surface area contributed by atoms with Gasteiger partial charge in [-0.2, -0.15) is 0 Å². The lowest BCUT2D eigenvalue weighted by Gasteiger charge is -2.31. The van der Waals surface area contributed by atoms with Crippen molar-refractivity contribution in [3.8, 4) is 16.9 Å². The summed E-state index contributed by atoms with van der Waals surface area (Å²) in [6.07, 6.45) is 2.61. The van der Waals surface area contributed by atoms with Crippen molar-refractivity contribution in [3.05, 3.63) is 54.1 Å². The zero-order valence-electron chi connectivity index (χ0n) is 19.2. The van der Waals surface area contributed by atoms with E-state index in [1.807, 2.05) is 29.2 Å². The number of likely N-dealkylation sites (tertiary alicyclic amines) is 1. The molecule has 6 heteroatoms. The molecule has 2 unspecified atom stereocenters. The average molecular weight is 437 g/mol. The lowest BCUT2D eigenvalue weighted by atomic mass is 9.79. The number of rotatable bonds is 6. The number of ether oxygens (including phenoxy) is 2. The lowest BCUT2D eigenvalue weighted by Crippen LogP contribution is -2.46. The van der Waals surface area contributed by atoms with Crippen LogP contribution in [0.4, 0.5) is 0 Å². The minimum absolute atomic E-state index is 0.0300. The molecule has 2 amide bonds. The number of hydrogen-bond acceptors (Lipinski definition) is 4. The minimum atomic E-state index is -0.607. The third kappa shape index (κ3) is 4.37. The standard InChI is InChI=1S/C26H32N2O4/c1-27(2)25(30)26(14-15-28(18-26)24(29)23-9-6-16-32-23)17-19-10-12-20(13-11-19)21-7-4-5-8-22(21)31-3/h4-5,7-8,10-13,23H,6,9,14-18H2,1-3H3. The number of para-hydroxylation sites is 1. The molecule has 2 aliphatic heterocycles. The zero-order chi connectivity index (χ0) is 22.7. The summed E-state index contributed by atoms with van der Waals surface area (Å²) in [7, 11) is 5.26. The molecular weight excluding hydrogens is 404 g/mol. The Balaban J connectivity index is 1.55. The molecule has 2 heterocycles. The Labute approximate surface area is 190 Å². The lowest BCUT2D eigenvalue weighted by molar-refractivity contribution is -0.142. The van der Waals surface area contributed by atoms with Gasteiger partial charge in [-0.15, -0.1) is 0 Å². The van der Waals surface area contributed by atoms with Crippen LogP contribution in [0.25, 0.3) is 11.1 Å². The molecular formula is C26H32N2O4. The zero-order valence-corrected chi connectivity index (χ0v) is 19.2. The van der Waals surface area contributed by atoms with E-state index in [9.17, 15) is 9.59 Å². The van der Waals surface area contributed by atoms with Crippen molar-refractivity contribution in [3.63, 3.8) is 0 Å². The van der Waals surface area contributed by atoms with Gasteiger partial charge in [0.1, 0.15) is 11.9 Å². The third-order valence-electron chi connectivity index (χ3n) is 6.64. The van der Waals surface area contributed by atoms with E-state index in [0.29, 0.717) is 32.5 Å². The van der Waals surface area contributed by atoms with Gasteiger partial charge < -0.3 is 19.3 Å². The van der Waals surface area contributed by atoms with E-state index < -0.39 is 5.41 Å². The van der Waals surface area contributed by atoms with Gasteiger partial charge in [0, 0.05) is 39.4 Å². The van der Waals surface area contributed by atoms with Crippen molar-refractivity contribution in [2.45, 2.75) is 31.8 Å². The van der Waals surface area contributed by atoms with Gasteiger partial charge in [0.2, 0.25) is 5.91 Å². The van der Waals surface area contributed by atoms with E-state index >= 15 is 0 Å². The number of carbonyl (C=O) groups is 2. The number of carbonyl (C=O) groups excluding carboxylic acids is 2. The molecule has 6 nitrogen and oxygen atoms in total. The van der Waals surface area contributed by atoms with Gasteiger partial charge in [0.05, 0.1) is 12.5 Å². The highest BCUT2D eigenvalue weighted by Gasteiger charge is 2.47. The fraction of sp³-hybridized carbons (Fsp3) is 0.462. The summed E-state index contributed by atoms with van der Waals surface area (Å²) in [6, 6.07) is 16.2. The molecule has 2 saturated heterocycles. The largest absolute Gasteiger partial charge is 0.496 e. The summed E-state index contributed by atoms with van der Waals surface area (Å²) in [5.74, 6) is 0.940. The Kier molecular flexibility index (Phi) is 6.51. The van der Waals surface area contributed by atoms with E-state index in [2.05, 4.69) is 24.3 Å². The second kappa shape index (κ2) is 9.33. The van der Waals surface area contributed by atoms with Crippen molar-refractivity contribution < 1.29 is 19.1 Å². The van der Waals surface area contributed by atoms with Crippen LogP contribution in [0.1, 0.15) is 24.8 Å². The Hall–Kier alpha value is -2.86. The van der Waals surface area contributed by atoms with Crippen LogP contribution in [0.2, 0.25) is 0 Å². The molecule has 0 spiro atoms. The first-order valence-electron chi connectivity index (χ1n) is 11.3. The maximum Gasteiger partial charge on any atom is 0.251 e. The second-order valence-corrected chi connectivity index (χ2v) is 9.07. The van der Waals surface area contributed by atoms with E-state index in [1.165, 1.54) is 0 Å². The number of hydrogen-bond donors (Lipinski definition) is 0. The van der Waals surface area contributed by atoms with Crippen molar-refractivity contribution >= 4 is 11.8 Å². The quantitative estimate of drug-likeness (QED) is 0.697. The fourth-order valence-electron chi connectivity index (χ4n) is 4.98. The van der Waals surface area contributed by atoms with Gasteiger partial charge in [-0.1, -0.05) is 42.5 Å². The molecule has 4 rings (SSSR count). The van der Waals surface area contributed by atoms with Gasteiger partial charge >= 0.3 is 0 Å². The predicted molar refractivity (Wildman–Crippen MR) is 123 cm³/mol. The van der Waals surface area contributed by atoms with E-state index in [0.717, 1.165) is 35.3 Å². The normalized spacial score (nSPS) is 22.7. The first-order chi connectivity index (χ1) is 15.4. The number of nitrogens with zero attached hydrogens (tertiary/aromatic N) is 2. The predicted octanol–water partition coefficient (Wildman–Crippen LogP) is 3.39. The Morgan fingerprint density at radius 2 is 1.91 bits per heavy atom. The van der Waals surface area contributed by atoms with Crippen LogP contribution in [-0.2, 0) is 20.7 Å². The summed E-state index contributed by atoms with van der Waals surface area (Å²) in [4.78, 5) is 29.7. The van der Waals surface area contributed by atoms with Crippen molar-refractivity contribution in [2.75, 3.05) is 40.9 Å². The number of methoxy groups -OCH3 is 1. The van der Waals surface area contributed by atoms with Crippen molar-refractivity contribution in [1.82, 2.24) is 9.80 Å². The fourth-order valence-corrected chi connectivity index (χ4v) is 4.98. The molecule has 0 N–H and O–H groups in total. The minimum Gasteiger partial charge on any atom is -0.496 e. The maximum atomic E-state index is 13.3. The van der Waals surface area contributed by atoms with E-state index in [1.54, 1.807) is 26.1 Å². The first kappa shape index (κ1) is 22.3. The van der Waals surface area contributed by atoms with Crippen molar-refractivity contribution in [1.29, 1.82) is 0 Å². The Bertz CT molecular complexity index is 966. The Morgan fingerprint density at radius 1 is 1.16 bits per heavy atom. The van der Waals surface area contributed by atoms with E-state index in [-0.39, 0.29) is 17.9 Å². The van der Waals surface area contributed by atoms with Crippen LogP contribution in [0.3, 0.4) is 0 Å². The molecule has 0 bridgehead atoms. The molecule has 32 heavy (non-hydrogen) atoms. The van der Waals surface area contributed by atoms with Crippen LogP contribution >= 0.6 is 0 Å². The molecule has 2 aromatic rings. The summed E-state index contributed by atoms with van der Waals surface area (Å²) >= 11 is 0. The van der Waals surface area contributed by atoms with Crippen LogP contribution in [0, 0.1) is 5.41 Å². The highest BCUT2D eigenvalue weighted by atomic mass is 16.5. The SMILES string of the molecule is COc1ccccc1-c1ccc(CC2(C(=O)N(C)C)CCN(C(=O)C3CCCO3)C2)cc1. The number of amides is 2. The topological polar surface area (TPSA) is 59.1 Å². The van der Waals surface area contributed by atoms with Gasteiger partial charge in [-0.05, 0) is 42.9 Å². The molecule has 2 aliphatic rings. The smallest absolute Gasteiger partial charge is 0.251 e. The van der Waals surface area contributed by atoms with Crippen LogP contribution in [0.15, 0.2) is 48.5 Å². The highest BCUT2D eigenvalue weighted by molar-refractivity contribution is 5.87. The summed E-state index contributed by atoms with van der Waals surface area (Å²) in [5, 5.41) is 0. The van der Waals surface area contributed by atoms with Crippen LogP contribution in [0.5, 0.6) is 5.75 Å². The van der Waals surface area contributed by atoms with Crippen LogP contribution < -0.4 is 4.74 Å². The van der Waals surface area contributed by atoms with Gasteiger partial charge in [0.25, 0.3) is 5.91 Å². The monoisotopic (exact) mass is 436 g/mol.